The van der Waals surface area contributed by atoms with Crippen molar-refractivity contribution in [2.24, 2.45) is 16.7 Å². The van der Waals surface area contributed by atoms with Crippen LogP contribution in [0.15, 0.2) is 0 Å². The summed E-state index contributed by atoms with van der Waals surface area (Å²) in [5.74, 6) is -0.538. The van der Waals surface area contributed by atoms with Gasteiger partial charge in [0, 0.05) is 1.37 Å². The Balaban J connectivity index is 5.30. The molecule has 1 heteroatoms. The van der Waals surface area contributed by atoms with E-state index in [2.05, 4.69) is 41.5 Å². The van der Waals surface area contributed by atoms with Gasteiger partial charge in [0.15, 0.2) is 0 Å². The molecule has 0 rings (SSSR count). The van der Waals surface area contributed by atoms with Gasteiger partial charge in [-0.2, -0.15) is 0 Å². The minimum absolute atomic E-state index is 0.00514. The highest BCUT2D eigenvalue weighted by molar-refractivity contribution is 6.16. The van der Waals surface area contributed by atoms with Gasteiger partial charge in [-0.1, -0.05) is 60.7 Å². The molecule has 0 fully saturated rings. The predicted octanol–water partition coefficient (Wildman–Crippen LogP) is 4.06. The van der Waals surface area contributed by atoms with Gasteiger partial charge in [-0.15, -0.1) is 0 Å². The summed E-state index contributed by atoms with van der Waals surface area (Å²) in [7, 11) is 6.44. The molecular weight excluding hydrogens is 155 g/mol. The molecule has 0 aromatic rings. The SMILES string of the molecule is [2H]C(C)(C)C(C)(C)C([B])(C)C(C)(C)C. The standard InChI is InChI=1S/C12H25B/c1-9(2)11(6,7)12(8,13)10(3,4)5/h9H,1-8H3/i9D. The zero-order valence-corrected chi connectivity index (χ0v) is 10.6. The smallest absolute Gasteiger partial charge is 0.0666 e. The van der Waals surface area contributed by atoms with Crippen LogP contribution in [0.25, 0.3) is 0 Å². The molecule has 0 amide bonds. The Morgan fingerprint density at radius 3 is 1.38 bits per heavy atom. The van der Waals surface area contributed by atoms with E-state index >= 15 is 0 Å². The topological polar surface area (TPSA) is 0 Å². The summed E-state index contributed by atoms with van der Waals surface area (Å²) in [5, 5.41) is -0.370. The molecule has 0 aliphatic carbocycles. The van der Waals surface area contributed by atoms with E-state index in [1.165, 1.54) is 0 Å². The predicted molar refractivity (Wildman–Crippen MR) is 62.2 cm³/mol. The van der Waals surface area contributed by atoms with Crippen LogP contribution in [0.2, 0.25) is 5.31 Å². The molecular formula is C12H25B. The van der Waals surface area contributed by atoms with E-state index in [1.807, 2.05) is 13.8 Å². The molecule has 0 aliphatic heterocycles. The molecule has 76 valence electrons. The normalized spacial score (nSPS) is 20.8. The van der Waals surface area contributed by atoms with E-state index in [-0.39, 0.29) is 16.1 Å². The van der Waals surface area contributed by atoms with Crippen LogP contribution in [0.3, 0.4) is 0 Å². The van der Waals surface area contributed by atoms with E-state index in [0.717, 1.165) is 0 Å². The van der Waals surface area contributed by atoms with E-state index in [1.54, 1.807) is 0 Å². The Kier molecular flexibility index (Phi) is 2.85. The number of rotatable bonds is 2. The van der Waals surface area contributed by atoms with Crippen molar-refractivity contribution in [1.29, 1.82) is 0 Å². The largest absolute Gasteiger partial charge is 0.0757 e. The minimum Gasteiger partial charge on any atom is -0.0666 e. The maximum absolute atomic E-state index is 8.19. The maximum Gasteiger partial charge on any atom is 0.0757 e. The van der Waals surface area contributed by atoms with Crippen LogP contribution in [0, 0.1) is 16.7 Å². The van der Waals surface area contributed by atoms with Gasteiger partial charge in [0.05, 0.1) is 7.85 Å². The van der Waals surface area contributed by atoms with Gasteiger partial charge in [0.25, 0.3) is 0 Å². The van der Waals surface area contributed by atoms with Crippen LogP contribution < -0.4 is 0 Å². The lowest BCUT2D eigenvalue weighted by Gasteiger charge is -2.53. The van der Waals surface area contributed by atoms with Crippen molar-refractivity contribution in [3.63, 3.8) is 0 Å². The van der Waals surface area contributed by atoms with E-state index < -0.39 is 5.89 Å². The first kappa shape index (κ1) is 11.1. The average Bonchev–Trinajstić information content (AvgIpc) is 1.81. The molecule has 2 radical (unpaired) electrons. The van der Waals surface area contributed by atoms with Crippen molar-refractivity contribution in [2.75, 3.05) is 0 Å². The third kappa shape index (κ3) is 2.11. The maximum atomic E-state index is 8.19. The van der Waals surface area contributed by atoms with Gasteiger partial charge in [-0.05, 0) is 16.7 Å². The fraction of sp³-hybridized carbons (Fsp3) is 1.00. The molecule has 0 N–H and O–H groups in total. The van der Waals surface area contributed by atoms with Crippen molar-refractivity contribution < 1.29 is 1.37 Å². The zero-order chi connectivity index (χ0) is 12.0. The molecule has 0 spiro atoms. The lowest BCUT2D eigenvalue weighted by Crippen LogP contribution is -2.42. The fourth-order valence-corrected chi connectivity index (χ4v) is 1.46. The zero-order valence-electron chi connectivity index (χ0n) is 11.6. The molecule has 1 atom stereocenters. The summed E-state index contributed by atoms with van der Waals surface area (Å²) in [6.07, 6.45) is 0. The first-order valence-corrected chi connectivity index (χ1v) is 5.04. The van der Waals surface area contributed by atoms with Crippen LogP contribution in [-0.2, 0) is 0 Å². The van der Waals surface area contributed by atoms with Crippen LogP contribution in [0.1, 0.15) is 56.8 Å². The van der Waals surface area contributed by atoms with E-state index in [4.69, 9.17) is 9.22 Å². The van der Waals surface area contributed by atoms with Gasteiger partial charge in [-0.3, -0.25) is 0 Å². The summed E-state index contributed by atoms with van der Waals surface area (Å²) in [6.45, 7) is 16.5. The monoisotopic (exact) mass is 181 g/mol. The molecule has 13 heavy (non-hydrogen) atoms. The average molecular weight is 181 g/mol. The highest BCUT2D eigenvalue weighted by Gasteiger charge is 2.45. The van der Waals surface area contributed by atoms with Gasteiger partial charge in [-0.25, -0.2) is 0 Å². The second-order valence-corrected chi connectivity index (χ2v) is 6.08. The molecule has 0 bridgehead atoms. The highest BCUT2D eigenvalue weighted by Crippen LogP contribution is 2.58. The highest BCUT2D eigenvalue weighted by atomic mass is 14.5. The van der Waals surface area contributed by atoms with Crippen molar-refractivity contribution in [2.45, 2.75) is 60.7 Å². The summed E-state index contributed by atoms with van der Waals surface area (Å²) < 4.78 is 8.19. The summed E-state index contributed by atoms with van der Waals surface area (Å²) in [4.78, 5) is 0. The molecule has 1 unspecified atom stereocenters. The van der Waals surface area contributed by atoms with Gasteiger partial charge >= 0.3 is 0 Å². The second kappa shape index (κ2) is 3.33. The Bertz CT molecular complexity index is 179. The summed E-state index contributed by atoms with van der Waals surface area (Å²) >= 11 is 0. The van der Waals surface area contributed by atoms with Crippen molar-refractivity contribution in [1.82, 2.24) is 0 Å². The number of hydrogen-bond acceptors (Lipinski definition) is 0. The third-order valence-corrected chi connectivity index (χ3v) is 4.11. The van der Waals surface area contributed by atoms with Crippen molar-refractivity contribution >= 4 is 7.85 Å². The number of hydrogen-bond donors (Lipinski definition) is 0. The molecule has 0 saturated carbocycles. The molecule has 0 saturated heterocycles. The molecule has 0 heterocycles. The fourth-order valence-electron chi connectivity index (χ4n) is 1.46. The van der Waals surface area contributed by atoms with Crippen molar-refractivity contribution in [3.8, 4) is 0 Å². The summed E-state index contributed by atoms with van der Waals surface area (Å²) in [5.41, 5.74) is -0.243. The Morgan fingerprint density at radius 1 is 1.00 bits per heavy atom. The second-order valence-electron chi connectivity index (χ2n) is 6.08. The third-order valence-electron chi connectivity index (χ3n) is 4.11. The molecule has 0 nitrogen and oxygen atoms in total. The quantitative estimate of drug-likeness (QED) is 0.563. The van der Waals surface area contributed by atoms with Crippen LogP contribution in [0.5, 0.6) is 0 Å². The summed E-state index contributed by atoms with van der Waals surface area (Å²) in [6, 6.07) is 0. The van der Waals surface area contributed by atoms with Crippen LogP contribution >= 0.6 is 0 Å². The van der Waals surface area contributed by atoms with Crippen LogP contribution in [0.4, 0.5) is 0 Å². The Morgan fingerprint density at radius 2 is 1.31 bits per heavy atom. The minimum atomic E-state index is -0.538. The van der Waals surface area contributed by atoms with Crippen molar-refractivity contribution in [3.05, 3.63) is 0 Å². The molecule has 0 aliphatic rings. The van der Waals surface area contributed by atoms with Crippen LogP contribution in [-0.4, -0.2) is 7.85 Å². The van der Waals surface area contributed by atoms with E-state index in [9.17, 15) is 0 Å². The lowest BCUT2D eigenvalue weighted by atomic mass is 9.42. The molecule has 0 aromatic carbocycles. The Labute approximate surface area is 87.3 Å². The van der Waals surface area contributed by atoms with E-state index in [0.29, 0.717) is 0 Å². The van der Waals surface area contributed by atoms with Gasteiger partial charge in [0.1, 0.15) is 0 Å². The lowest BCUT2D eigenvalue weighted by molar-refractivity contribution is 0.0777. The van der Waals surface area contributed by atoms with Gasteiger partial charge in [0.2, 0.25) is 0 Å². The van der Waals surface area contributed by atoms with Gasteiger partial charge < -0.3 is 0 Å². The first-order valence-electron chi connectivity index (χ1n) is 5.54. The Hall–Kier alpha value is 0.0649. The first-order chi connectivity index (χ1) is 5.75. The molecule has 0 aromatic heterocycles.